The van der Waals surface area contributed by atoms with Gasteiger partial charge >= 0.3 is 5.97 Å². The summed E-state index contributed by atoms with van der Waals surface area (Å²) in [5.41, 5.74) is 1.51. The molecule has 1 aliphatic rings. The fraction of sp³-hybridized carbons (Fsp3) is 0.375. The van der Waals surface area contributed by atoms with Crippen LogP contribution in [0.3, 0.4) is 0 Å². The van der Waals surface area contributed by atoms with Gasteiger partial charge in [-0.05, 0) is 49.2 Å². The molecule has 3 rings (SSSR count). The lowest BCUT2D eigenvalue weighted by molar-refractivity contribution is -0.119. The Labute approximate surface area is 182 Å². The van der Waals surface area contributed by atoms with E-state index in [1.165, 1.54) is 0 Å². The van der Waals surface area contributed by atoms with Crippen molar-refractivity contribution in [1.82, 2.24) is 0 Å². The van der Waals surface area contributed by atoms with E-state index in [1.807, 2.05) is 6.07 Å². The van der Waals surface area contributed by atoms with Crippen LogP contribution in [0.2, 0.25) is 0 Å². The summed E-state index contributed by atoms with van der Waals surface area (Å²) in [7, 11) is 0. The van der Waals surface area contributed by atoms with Crippen molar-refractivity contribution in [1.29, 1.82) is 0 Å². The molecule has 0 bridgehead atoms. The molecule has 2 aromatic rings. The maximum atomic E-state index is 12.3. The van der Waals surface area contributed by atoms with Crippen molar-refractivity contribution in [2.45, 2.75) is 39.0 Å². The second-order valence-corrected chi connectivity index (χ2v) is 7.37. The monoisotopic (exact) mass is 424 g/mol. The number of anilines is 2. The van der Waals surface area contributed by atoms with Gasteiger partial charge in [-0.3, -0.25) is 9.59 Å². The quantitative estimate of drug-likeness (QED) is 0.457. The van der Waals surface area contributed by atoms with Crippen LogP contribution in [0.25, 0.3) is 0 Å². The predicted octanol–water partition coefficient (Wildman–Crippen LogP) is 4.18. The Hall–Kier alpha value is -3.35. The molecule has 1 fully saturated rings. The van der Waals surface area contributed by atoms with Crippen molar-refractivity contribution < 1.29 is 23.9 Å². The highest BCUT2D eigenvalue weighted by Gasteiger charge is 2.24. The molecule has 0 aromatic heterocycles. The molecule has 0 aliphatic carbocycles. The highest BCUT2D eigenvalue weighted by molar-refractivity contribution is 6.02. The first kappa shape index (κ1) is 22.3. The molecule has 0 saturated carbocycles. The minimum atomic E-state index is -0.587. The van der Waals surface area contributed by atoms with E-state index in [4.69, 9.17) is 9.47 Å². The minimum Gasteiger partial charge on any atom is -0.494 e. The Balaban J connectivity index is 1.50. The maximum absolute atomic E-state index is 12.3. The number of nitrogens with one attached hydrogen (secondary N) is 1. The molecule has 164 valence electrons. The third-order valence-corrected chi connectivity index (χ3v) is 4.98. The number of benzene rings is 2. The van der Waals surface area contributed by atoms with Crippen molar-refractivity contribution in [2.75, 3.05) is 30.0 Å². The SMILES string of the molecule is CCCCCOc1ccc(C(=O)OCC(=O)Nc2ccccc2N2CCCC2=O)cc1. The number of para-hydroxylation sites is 2. The van der Waals surface area contributed by atoms with Crippen molar-refractivity contribution in [3.63, 3.8) is 0 Å². The third kappa shape index (κ3) is 6.31. The molecule has 1 heterocycles. The topological polar surface area (TPSA) is 84.9 Å². The lowest BCUT2D eigenvalue weighted by atomic mass is 10.2. The first-order chi connectivity index (χ1) is 15.1. The molecule has 0 unspecified atom stereocenters. The summed E-state index contributed by atoms with van der Waals surface area (Å²) in [5, 5.41) is 2.73. The average Bonchev–Trinajstić information content (AvgIpc) is 3.21. The van der Waals surface area contributed by atoms with E-state index < -0.39 is 18.5 Å². The fourth-order valence-electron chi connectivity index (χ4n) is 3.35. The van der Waals surface area contributed by atoms with Gasteiger partial charge in [0.25, 0.3) is 5.91 Å². The predicted molar refractivity (Wildman–Crippen MR) is 118 cm³/mol. The van der Waals surface area contributed by atoms with Crippen LogP contribution in [0.5, 0.6) is 5.75 Å². The molecule has 1 saturated heterocycles. The van der Waals surface area contributed by atoms with E-state index >= 15 is 0 Å². The zero-order valence-corrected chi connectivity index (χ0v) is 17.8. The van der Waals surface area contributed by atoms with Crippen molar-refractivity contribution in [2.24, 2.45) is 0 Å². The summed E-state index contributed by atoms with van der Waals surface area (Å²) in [5.74, 6) is -0.330. The number of carbonyl (C=O) groups is 3. The smallest absolute Gasteiger partial charge is 0.338 e. The van der Waals surface area contributed by atoms with Gasteiger partial charge in [-0.2, -0.15) is 0 Å². The Morgan fingerprint density at radius 3 is 2.55 bits per heavy atom. The molecule has 2 amide bonds. The summed E-state index contributed by atoms with van der Waals surface area (Å²) >= 11 is 0. The van der Waals surface area contributed by atoms with Crippen LogP contribution in [0, 0.1) is 0 Å². The highest BCUT2D eigenvalue weighted by Crippen LogP contribution is 2.29. The lowest BCUT2D eigenvalue weighted by Crippen LogP contribution is -2.27. The Morgan fingerprint density at radius 1 is 1.06 bits per heavy atom. The summed E-state index contributed by atoms with van der Waals surface area (Å²) in [4.78, 5) is 38.2. The Kier molecular flexibility index (Phi) is 8.04. The van der Waals surface area contributed by atoms with E-state index in [2.05, 4.69) is 12.2 Å². The van der Waals surface area contributed by atoms with E-state index in [0.717, 1.165) is 25.7 Å². The van der Waals surface area contributed by atoms with Gasteiger partial charge in [0.05, 0.1) is 23.5 Å². The zero-order chi connectivity index (χ0) is 22.1. The fourth-order valence-corrected chi connectivity index (χ4v) is 3.35. The molecule has 0 atom stereocenters. The number of nitrogens with zero attached hydrogens (tertiary/aromatic N) is 1. The molecule has 7 heteroatoms. The molecule has 1 aliphatic heterocycles. The van der Waals surface area contributed by atoms with Crippen LogP contribution in [-0.4, -0.2) is 37.5 Å². The summed E-state index contributed by atoms with van der Waals surface area (Å²) in [6.45, 7) is 2.98. The van der Waals surface area contributed by atoms with Gasteiger partial charge in [-0.1, -0.05) is 31.9 Å². The first-order valence-electron chi connectivity index (χ1n) is 10.7. The maximum Gasteiger partial charge on any atom is 0.338 e. The van der Waals surface area contributed by atoms with Crippen LogP contribution in [0.1, 0.15) is 49.4 Å². The Bertz CT molecular complexity index is 910. The standard InChI is InChI=1S/C24H28N2O5/c1-2-3-6-16-30-19-13-11-18(12-14-19)24(29)31-17-22(27)25-20-8-4-5-9-21(20)26-15-7-10-23(26)28/h4-5,8-9,11-14H,2-3,6-7,10,15-17H2,1H3,(H,25,27). The number of esters is 1. The minimum absolute atomic E-state index is 0.0333. The molecule has 31 heavy (non-hydrogen) atoms. The third-order valence-electron chi connectivity index (χ3n) is 4.98. The number of amides is 2. The van der Waals surface area contributed by atoms with Crippen molar-refractivity contribution in [3.8, 4) is 5.75 Å². The van der Waals surface area contributed by atoms with Gasteiger partial charge in [0.2, 0.25) is 5.91 Å². The number of ether oxygens (including phenoxy) is 2. The van der Waals surface area contributed by atoms with Crippen LogP contribution in [0.15, 0.2) is 48.5 Å². The van der Waals surface area contributed by atoms with Crippen LogP contribution < -0.4 is 15.0 Å². The van der Waals surface area contributed by atoms with Gasteiger partial charge in [0, 0.05) is 13.0 Å². The van der Waals surface area contributed by atoms with Crippen molar-refractivity contribution in [3.05, 3.63) is 54.1 Å². The van der Waals surface area contributed by atoms with Crippen LogP contribution >= 0.6 is 0 Å². The molecule has 7 nitrogen and oxygen atoms in total. The number of unbranched alkanes of at least 4 members (excludes halogenated alkanes) is 2. The van der Waals surface area contributed by atoms with Gasteiger partial charge in [0.1, 0.15) is 5.75 Å². The number of carbonyl (C=O) groups excluding carboxylic acids is 3. The molecule has 0 radical (unpaired) electrons. The lowest BCUT2D eigenvalue weighted by Gasteiger charge is -2.19. The Morgan fingerprint density at radius 2 is 1.84 bits per heavy atom. The van der Waals surface area contributed by atoms with E-state index in [9.17, 15) is 14.4 Å². The average molecular weight is 424 g/mol. The van der Waals surface area contributed by atoms with Crippen molar-refractivity contribution >= 4 is 29.2 Å². The molecular weight excluding hydrogens is 396 g/mol. The molecule has 2 aromatic carbocycles. The number of hydrogen-bond donors (Lipinski definition) is 1. The second-order valence-electron chi connectivity index (χ2n) is 7.37. The van der Waals surface area contributed by atoms with Crippen LogP contribution in [-0.2, 0) is 14.3 Å². The van der Waals surface area contributed by atoms with Crippen LogP contribution in [0.4, 0.5) is 11.4 Å². The van der Waals surface area contributed by atoms with Gasteiger partial charge in [0.15, 0.2) is 6.61 Å². The van der Waals surface area contributed by atoms with E-state index in [0.29, 0.717) is 42.3 Å². The van der Waals surface area contributed by atoms with Gasteiger partial charge < -0.3 is 19.7 Å². The number of hydrogen-bond acceptors (Lipinski definition) is 5. The second kappa shape index (κ2) is 11.2. The molecule has 0 spiro atoms. The van der Waals surface area contributed by atoms with E-state index in [-0.39, 0.29) is 5.91 Å². The summed E-state index contributed by atoms with van der Waals surface area (Å²) in [6, 6.07) is 13.8. The zero-order valence-electron chi connectivity index (χ0n) is 17.8. The van der Waals surface area contributed by atoms with E-state index in [1.54, 1.807) is 47.4 Å². The normalized spacial score (nSPS) is 13.2. The highest BCUT2D eigenvalue weighted by atomic mass is 16.5. The molecular formula is C24H28N2O5. The summed E-state index contributed by atoms with van der Waals surface area (Å²) < 4.78 is 10.8. The number of rotatable bonds is 10. The van der Waals surface area contributed by atoms with Gasteiger partial charge in [-0.25, -0.2) is 4.79 Å². The van der Waals surface area contributed by atoms with Gasteiger partial charge in [-0.15, -0.1) is 0 Å². The summed E-state index contributed by atoms with van der Waals surface area (Å²) in [6.07, 6.45) is 4.53. The largest absolute Gasteiger partial charge is 0.494 e. The molecule has 1 N–H and O–H groups in total. The first-order valence-corrected chi connectivity index (χ1v) is 10.7.